The summed E-state index contributed by atoms with van der Waals surface area (Å²) in [6.45, 7) is 11.4. The third-order valence-corrected chi connectivity index (χ3v) is 13.1. The standard InChI is InChI=1S/C32H51NO3/c1-5-32(36)17-31(18-32)19-33(20-31)28(35)11-6-21(2)25-9-10-26-24-8-7-22-16-23(34)12-14-29(22,3)27(24)13-15-30(25,26)4/h7,21,23-27,34,36H,5-6,8-20H2,1-4H3/t21-,23+,24+,25-,26+,27+,29+,30-/m1/s1. The van der Waals surface area contributed by atoms with Gasteiger partial charge in [-0.25, -0.2) is 0 Å². The maximum Gasteiger partial charge on any atom is 0.222 e. The molecule has 0 aromatic carbocycles. The van der Waals surface area contributed by atoms with Crippen molar-refractivity contribution in [1.29, 1.82) is 0 Å². The van der Waals surface area contributed by atoms with Crippen molar-refractivity contribution >= 4 is 5.91 Å². The molecule has 2 N–H and O–H groups in total. The Kier molecular flexibility index (Phi) is 6.05. The Bertz CT molecular complexity index is 912. The Morgan fingerprint density at radius 2 is 1.86 bits per heavy atom. The lowest BCUT2D eigenvalue weighted by Gasteiger charge is -2.62. The van der Waals surface area contributed by atoms with Gasteiger partial charge >= 0.3 is 0 Å². The smallest absolute Gasteiger partial charge is 0.222 e. The lowest BCUT2D eigenvalue weighted by molar-refractivity contribution is -0.196. The zero-order valence-corrected chi connectivity index (χ0v) is 23.4. The second kappa shape index (κ2) is 8.57. The third kappa shape index (κ3) is 3.78. The number of allylic oxidation sites excluding steroid dienone is 1. The van der Waals surface area contributed by atoms with Gasteiger partial charge in [0, 0.05) is 24.9 Å². The third-order valence-electron chi connectivity index (χ3n) is 13.1. The SMILES string of the molecule is CCC1(O)CC2(CN(C(=O)CC[C@@H](C)[C@H]3CC[C@H]4[C@@H]5CC=C6C[C@@H](O)CC[C@]6(C)[C@H]5CC[C@]34C)C2)C1. The summed E-state index contributed by atoms with van der Waals surface area (Å²) < 4.78 is 0. The van der Waals surface area contributed by atoms with Crippen molar-refractivity contribution in [3.8, 4) is 0 Å². The molecule has 1 amide bonds. The monoisotopic (exact) mass is 497 g/mol. The molecule has 6 aliphatic rings. The van der Waals surface area contributed by atoms with E-state index in [0.717, 1.165) is 75.3 Å². The topological polar surface area (TPSA) is 60.8 Å². The fraction of sp³-hybridized carbons (Fsp3) is 0.906. The molecule has 4 nitrogen and oxygen atoms in total. The Morgan fingerprint density at radius 3 is 2.58 bits per heavy atom. The van der Waals surface area contributed by atoms with Crippen LogP contribution in [-0.2, 0) is 4.79 Å². The number of carbonyl (C=O) groups excluding carboxylic acids is 1. The van der Waals surface area contributed by atoms with Crippen LogP contribution in [-0.4, -0.2) is 45.8 Å². The van der Waals surface area contributed by atoms with Crippen molar-refractivity contribution in [2.45, 2.75) is 123 Å². The van der Waals surface area contributed by atoms with Gasteiger partial charge in [-0.3, -0.25) is 4.79 Å². The van der Waals surface area contributed by atoms with E-state index in [4.69, 9.17) is 0 Å². The molecule has 5 aliphatic carbocycles. The molecule has 0 unspecified atom stereocenters. The van der Waals surface area contributed by atoms with Gasteiger partial charge in [0.2, 0.25) is 5.91 Å². The highest BCUT2D eigenvalue weighted by atomic mass is 16.3. The van der Waals surface area contributed by atoms with Gasteiger partial charge in [-0.05, 0) is 117 Å². The molecular formula is C32H51NO3. The predicted molar refractivity (Wildman–Crippen MR) is 143 cm³/mol. The Hall–Kier alpha value is -0.870. The highest BCUT2D eigenvalue weighted by molar-refractivity contribution is 5.77. The number of fused-ring (bicyclic) bond motifs is 5. The normalized spacial score (nSPS) is 45.0. The van der Waals surface area contributed by atoms with Crippen LogP contribution in [0.2, 0.25) is 0 Å². The summed E-state index contributed by atoms with van der Waals surface area (Å²) >= 11 is 0. The van der Waals surface area contributed by atoms with Crippen LogP contribution >= 0.6 is 0 Å². The first-order valence-electron chi connectivity index (χ1n) is 15.4. The molecule has 1 spiro atoms. The van der Waals surface area contributed by atoms with Crippen LogP contribution in [0.1, 0.15) is 111 Å². The molecule has 0 radical (unpaired) electrons. The Labute approximate surface area is 219 Å². The number of hydrogen-bond donors (Lipinski definition) is 2. The van der Waals surface area contributed by atoms with Crippen LogP contribution < -0.4 is 0 Å². The van der Waals surface area contributed by atoms with Crippen LogP contribution in [0.25, 0.3) is 0 Å². The number of aliphatic hydroxyl groups is 2. The lowest BCUT2D eigenvalue weighted by atomic mass is 9.47. The van der Waals surface area contributed by atoms with E-state index < -0.39 is 5.60 Å². The number of likely N-dealkylation sites (tertiary alicyclic amines) is 1. The summed E-state index contributed by atoms with van der Waals surface area (Å²) in [5.41, 5.74) is 2.10. The minimum absolute atomic E-state index is 0.121. The summed E-state index contributed by atoms with van der Waals surface area (Å²) in [5.74, 6) is 4.14. The van der Waals surface area contributed by atoms with E-state index in [-0.39, 0.29) is 11.5 Å². The first kappa shape index (κ1) is 25.4. The number of hydrogen-bond acceptors (Lipinski definition) is 3. The van der Waals surface area contributed by atoms with E-state index >= 15 is 0 Å². The molecule has 1 aliphatic heterocycles. The van der Waals surface area contributed by atoms with Crippen molar-refractivity contribution in [3.05, 3.63) is 11.6 Å². The van der Waals surface area contributed by atoms with Gasteiger partial charge < -0.3 is 15.1 Å². The summed E-state index contributed by atoms with van der Waals surface area (Å²) in [4.78, 5) is 15.1. The zero-order chi connectivity index (χ0) is 25.5. The molecule has 8 atom stereocenters. The molecule has 6 rings (SSSR count). The largest absolute Gasteiger partial charge is 0.393 e. The molecule has 36 heavy (non-hydrogen) atoms. The highest BCUT2D eigenvalue weighted by Crippen LogP contribution is 2.67. The minimum Gasteiger partial charge on any atom is -0.393 e. The number of nitrogens with zero attached hydrogens (tertiary/aromatic N) is 1. The van der Waals surface area contributed by atoms with Crippen LogP contribution in [0.5, 0.6) is 0 Å². The van der Waals surface area contributed by atoms with Crippen LogP contribution in [0.15, 0.2) is 11.6 Å². The first-order valence-corrected chi connectivity index (χ1v) is 15.4. The van der Waals surface area contributed by atoms with E-state index in [1.807, 2.05) is 0 Å². The van der Waals surface area contributed by atoms with Crippen LogP contribution in [0.4, 0.5) is 0 Å². The van der Waals surface area contributed by atoms with E-state index in [2.05, 4.69) is 38.7 Å². The summed E-state index contributed by atoms with van der Waals surface area (Å²) in [6.07, 6.45) is 16.5. The van der Waals surface area contributed by atoms with Gasteiger partial charge in [0.05, 0.1) is 11.7 Å². The zero-order valence-electron chi connectivity index (χ0n) is 23.4. The molecule has 4 saturated carbocycles. The Balaban J connectivity index is 1.05. The van der Waals surface area contributed by atoms with Gasteiger partial charge in [-0.1, -0.05) is 39.3 Å². The molecular weight excluding hydrogens is 446 g/mol. The minimum atomic E-state index is -0.456. The van der Waals surface area contributed by atoms with Crippen LogP contribution in [0, 0.1) is 45.8 Å². The van der Waals surface area contributed by atoms with Gasteiger partial charge in [0.25, 0.3) is 0 Å². The van der Waals surface area contributed by atoms with Gasteiger partial charge in [-0.2, -0.15) is 0 Å². The summed E-state index contributed by atoms with van der Waals surface area (Å²) in [5, 5.41) is 20.7. The molecule has 0 bridgehead atoms. The molecule has 5 fully saturated rings. The van der Waals surface area contributed by atoms with E-state index in [0.29, 0.717) is 29.1 Å². The lowest BCUT2D eigenvalue weighted by Crippen LogP contribution is -2.68. The van der Waals surface area contributed by atoms with Crippen molar-refractivity contribution in [1.82, 2.24) is 4.90 Å². The number of aliphatic hydroxyl groups excluding tert-OH is 1. The van der Waals surface area contributed by atoms with Gasteiger partial charge in [0.15, 0.2) is 0 Å². The fourth-order valence-electron chi connectivity index (χ4n) is 11.1. The first-order chi connectivity index (χ1) is 17.0. The summed E-state index contributed by atoms with van der Waals surface area (Å²) in [6, 6.07) is 0. The fourth-order valence-corrected chi connectivity index (χ4v) is 11.1. The Morgan fingerprint density at radius 1 is 1.11 bits per heavy atom. The second-order valence-corrected chi connectivity index (χ2v) is 15.1. The number of rotatable bonds is 5. The summed E-state index contributed by atoms with van der Waals surface area (Å²) in [7, 11) is 0. The second-order valence-electron chi connectivity index (χ2n) is 15.1. The predicted octanol–water partition coefficient (Wildman–Crippen LogP) is 6.11. The van der Waals surface area contributed by atoms with Gasteiger partial charge in [-0.15, -0.1) is 0 Å². The molecule has 0 aromatic rings. The number of carbonyl (C=O) groups is 1. The van der Waals surface area contributed by atoms with Gasteiger partial charge in [0.1, 0.15) is 0 Å². The molecule has 202 valence electrons. The van der Waals surface area contributed by atoms with E-state index in [9.17, 15) is 15.0 Å². The van der Waals surface area contributed by atoms with Crippen molar-refractivity contribution in [2.24, 2.45) is 45.8 Å². The quantitative estimate of drug-likeness (QED) is 0.451. The maximum absolute atomic E-state index is 13.0. The average molecular weight is 498 g/mol. The molecule has 0 aromatic heterocycles. The highest BCUT2D eigenvalue weighted by Gasteiger charge is 2.60. The van der Waals surface area contributed by atoms with Crippen LogP contribution in [0.3, 0.4) is 0 Å². The molecule has 4 heteroatoms. The molecule has 1 saturated heterocycles. The van der Waals surface area contributed by atoms with E-state index in [1.165, 1.54) is 38.5 Å². The molecule has 1 heterocycles. The van der Waals surface area contributed by atoms with E-state index in [1.54, 1.807) is 5.57 Å². The maximum atomic E-state index is 13.0. The number of amides is 1. The van der Waals surface area contributed by atoms with Crippen molar-refractivity contribution < 1.29 is 15.0 Å². The van der Waals surface area contributed by atoms with Crippen molar-refractivity contribution in [2.75, 3.05) is 13.1 Å². The average Bonchev–Trinajstić information content (AvgIpc) is 3.16. The van der Waals surface area contributed by atoms with Crippen molar-refractivity contribution in [3.63, 3.8) is 0 Å².